The average molecular weight is 395 g/mol. The van der Waals surface area contributed by atoms with E-state index in [1.807, 2.05) is 17.0 Å². The molecule has 2 aromatic rings. The number of H-pyrrole nitrogens is 1. The van der Waals surface area contributed by atoms with E-state index in [9.17, 15) is 14.4 Å². The molecule has 29 heavy (non-hydrogen) atoms. The summed E-state index contributed by atoms with van der Waals surface area (Å²) >= 11 is 0. The number of aromatic amines is 1. The molecule has 0 saturated carbocycles. The minimum absolute atomic E-state index is 0.00664. The quantitative estimate of drug-likeness (QED) is 0.835. The third kappa shape index (κ3) is 3.39. The van der Waals surface area contributed by atoms with E-state index in [-0.39, 0.29) is 41.1 Å². The Labute approximate surface area is 169 Å². The van der Waals surface area contributed by atoms with Gasteiger partial charge in [-0.25, -0.2) is 9.89 Å². The van der Waals surface area contributed by atoms with Gasteiger partial charge in [0.2, 0.25) is 0 Å². The van der Waals surface area contributed by atoms with E-state index >= 15 is 0 Å². The van der Waals surface area contributed by atoms with Crippen LogP contribution >= 0.6 is 0 Å². The molecular weight excluding hydrogens is 370 g/mol. The molecule has 3 amide bonds. The molecule has 3 heterocycles. The van der Waals surface area contributed by atoms with E-state index < -0.39 is 0 Å². The number of carbonyl (C=O) groups excluding carboxylic acids is 2. The van der Waals surface area contributed by atoms with Crippen LogP contribution in [0.3, 0.4) is 0 Å². The van der Waals surface area contributed by atoms with Crippen LogP contribution in [0.4, 0.5) is 4.79 Å². The van der Waals surface area contributed by atoms with Crippen LogP contribution < -0.4 is 5.56 Å². The minimum atomic E-state index is -0.336. The second kappa shape index (κ2) is 7.35. The average Bonchev–Trinajstić information content (AvgIpc) is 3.26. The summed E-state index contributed by atoms with van der Waals surface area (Å²) in [5, 5.41) is 6.19. The molecule has 2 fully saturated rings. The van der Waals surface area contributed by atoms with Crippen LogP contribution in [0.5, 0.6) is 0 Å². The molecule has 0 radical (unpaired) electrons. The van der Waals surface area contributed by atoms with Gasteiger partial charge >= 0.3 is 6.03 Å². The summed E-state index contributed by atoms with van der Waals surface area (Å²) in [5.41, 5.74) is 2.17. The van der Waals surface area contributed by atoms with Crippen molar-refractivity contribution < 1.29 is 9.59 Å². The van der Waals surface area contributed by atoms with Crippen LogP contribution in [-0.4, -0.2) is 70.6 Å². The van der Waals surface area contributed by atoms with Crippen LogP contribution in [-0.2, 0) is 0 Å². The molecule has 1 N–H and O–H groups in total. The monoisotopic (exact) mass is 395 g/mol. The maximum absolute atomic E-state index is 12.9. The number of nitrogens with zero attached hydrogens (tertiary/aromatic N) is 4. The second-order valence-corrected chi connectivity index (χ2v) is 8.07. The lowest BCUT2D eigenvalue weighted by Gasteiger charge is -2.32. The fraction of sp³-hybridized carbons (Fsp3) is 0.429. The van der Waals surface area contributed by atoms with Crippen molar-refractivity contribution in [3.05, 3.63) is 63.6 Å². The Morgan fingerprint density at radius 3 is 2.52 bits per heavy atom. The topological polar surface area (TPSA) is 89.6 Å². The van der Waals surface area contributed by atoms with E-state index in [4.69, 9.17) is 0 Å². The second-order valence-electron chi connectivity index (χ2n) is 8.07. The minimum Gasteiger partial charge on any atom is -0.337 e. The van der Waals surface area contributed by atoms with Gasteiger partial charge in [0, 0.05) is 51.6 Å². The van der Waals surface area contributed by atoms with Gasteiger partial charge in [-0.15, -0.1) is 0 Å². The van der Waals surface area contributed by atoms with Crippen LogP contribution in [0.2, 0.25) is 0 Å². The van der Waals surface area contributed by atoms with Crippen molar-refractivity contribution in [3.63, 3.8) is 0 Å². The highest BCUT2D eigenvalue weighted by atomic mass is 16.2. The third-order valence-corrected chi connectivity index (χ3v) is 5.98. The number of aromatic nitrogens is 2. The van der Waals surface area contributed by atoms with E-state index in [1.165, 1.54) is 12.1 Å². The van der Waals surface area contributed by atoms with Crippen molar-refractivity contribution >= 4 is 11.9 Å². The number of urea groups is 1. The van der Waals surface area contributed by atoms with Gasteiger partial charge in [0.1, 0.15) is 5.69 Å². The van der Waals surface area contributed by atoms with Gasteiger partial charge in [0.15, 0.2) is 0 Å². The van der Waals surface area contributed by atoms with Gasteiger partial charge in [0.25, 0.3) is 11.5 Å². The summed E-state index contributed by atoms with van der Waals surface area (Å²) in [4.78, 5) is 42.3. The Bertz CT molecular complexity index is 981. The maximum atomic E-state index is 12.9. The van der Waals surface area contributed by atoms with E-state index in [1.54, 1.807) is 23.9 Å². The molecule has 3 atom stereocenters. The summed E-state index contributed by atoms with van der Waals surface area (Å²) in [6.45, 7) is 3.80. The molecule has 0 aliphatic carbocycles. The van der Waals surface area contributed by atoms with Crippen molar-refractivity contribution in [3.8, 4) is 0 Å². The van der Waals surface area contributed by atoms with Crippen molar-refractivity contribution in [2.45, 2.75) is 13.0 Å². The highest BCUT2D eigenvalue weighted by Gasteiger charge is 2.50. The number of carbonyl (C=O) groups is 2. The smallest absolute Gasteiger partial charge is 0.320 e. The van der Waals surface area contributed by atoms with Gasteiger partial charge in [0.05, 0.1) is 6.04 Å². The maximum Gasteiger partial charge on any atom is 0.320 e. The summed E-state index contributed by atoms with van der Waals surface area (Å²) in [5.74, 6) is 0.173. The van der Waals surface area contributed by atoms with Gasteiger partial charge in [-0.1, -0.05) is 24.3 Å². The standard InChI is InChI=1S/C21H25N5O3/c1-13-6-4-5-7-15(13)19-16-12-25(20(28)17-8-9-18(27)23-22-17)10-14(16)11-26(19)21(29)24(2)3/h4-9,14,16,19H,10-12H2,1-3H3,(H,23,27)/t14-,16-,19+/m1/s1. The lowest BCUT2D eigenvalue weighted by atomic mass is 9.88. The molecule has 1 aromatic heterocycles. The molecule has 0 spiro atoms. The van der Waals surface area contributed by atoms with Crippen molar-refractivity contribution in [2.24, 2.45) is 11.8 Å². The summed E-state index contributed by atoms with van der Waals surface area (Å²) in [7, 11) is 3.53. The number of aryl methyl sites for hydroxylation is 1. The first-order chi connectivity index (χ1) is 13.9. The Hall–Kier alpha value is -3.16. The van der Waals surface area contributed by atoms with Gasteiger partial charge < -0.3 is 14.7 Å². The zero-order valence-corrected chi connectivity index (χ0v) is 16.8. The largest absolute Gasteiger partial charge is 0.337 e. The van der Waals surface area contributed by atoms with E-state index in [2.05, 4.69) is 29.3 Å². The SMILES string of the molecule is Cc1ccccc1[C@H]1[C@@H]2CN(C(=O)c3ccc(=O)[nH]n3)C[C@@H]2CN1C(=O)N(C)C. The van der Waals surface area contributed by atoms with Crippen molar-refractivity contribution in [1.29, 1.82) is 0 Å². The Morgan fingerprint density at radius 1 is 1.10 bits per heavy atom. The number of likely N-dealkylation sites (tertiary alicyclic amines) is 2. The molecule has 0 bridgehead atoms. The van der Waals surface area contributed by atoms with Crippen LogP contribution in [0.25, 0.3) is 0 Å². The number of benzene rings is 1. The Morgan fingerprint density at radius 2 is 1.86 bits per heavy atom. The van der Waals surface area contributed by atoms with Crippen LogP contribution in [0, 0.1) is 18.8 Å². The number of fused-ring (bicyclic) bond motifs is 1. The lowest BCUT2D eigenvalue weighted by molar-refractivity contribution is 0.0759. The zero-order valence-electron chi connectivity index (χ0n) is 16.8. The predicted molar refractivity (Wildman–Crippen MR) is 107 cm³/mol. The molecule has 8 heteroatoms. The first-order valence-electron chi connectivity index (χ1n) is 9.75. The number of hydrogen-bond donors (Lipinski definition) is 1. The van der Waals surface area contributed by atoms with Gasteiger partial charge in [-0.3, -0.25) is 9.59 Å². The fourth-order valence-corrected chi connectivity index (χ4v) is 4.61. The number of hydrogen-bond acceptors (Lipinski definition) is 4. The molecule has 4 rings (SSSR count). The van der Waals surface area contributed by atoms with E-state index in [0.29, 0.717) is 19.6 Å². The number of nitrogens with one attached hydrogen (secondary N) is 1. The predicted octanol–water partition coefficient (Wildman–Crippen LogP) is 1.51. The molecule has 2 saturated heterocycles. The molecule has 2 aliphatic rings. The first-order valence-corrected chi connectivity index (χ1v) is 9.75. The first kappa shape index (κ1) is 19.2. The molecule has 2 aliphatic heterocycles. The van der Waals surface area contributed by atoms with Crippen LogP contribution in [0.1, 0.15) is 27.7 Å². The molecule has 152 valence electrons. The van der Waals surface area contributed by atoms with Gasteiger partial charge in [-0.2, -0.15) is 5.10 Å². The van der Waals surface area contributed by atoms with Crippen molar-refractivity contribution in [2.75, 3.05) is 33.7 Å². The highest BCUT2D eigenvalue weighted by Crippen LogP contribution is 2.46. The van der Waals surface area contributed by atoms with Crippen molar-refractivity contribution in [1.82, 2.24) is 24.9 Å². The third-order valence-electron chi connectivity index (χ3n) is 5.98. The highest BCUT2D eigenvalue weighted by molar-refractivity contribution is 5.92. The number of amides is 3. The molecular formula is C21H25N5O3. The molecule has 0 unspecified atom stereocenters. The summed E-state index contributed by atoms with van der Waals surface area (Å²) < 4.78 is 0. The Kier molecular flexibility index (Phi) is 4.86. The van der Waals surface area contributed by atoms with Gasteiger partial charge in [-0.05, 0) is 24.1 Å². The number of rotatable bonds is 2. The Balaban J connectivity index is 1.63. The molecule has 1 aromatic carbocycles. The summed E-state index contributed by atoms with van der Waals surface area (Å²) in [6, 6.07) is 10.8. The normalized spacial score (nSPS) is 23.2. The van der Waals surface area contributed by atoms with Crippen LogP contribution in [0.15, 0.2) is 41.2 Å². The fourth-order valence-electron chi connectivity index (χ4n) is 4.61. The lowest BCUT2D eigenvalue weighted by Crippen LogP contribution is -2.42. The molecule has 8 nitrogen and oxygen atoms in total. The zero-order chi connectivity index (χ0) is 20.7. The summed E-state index contributed by atoms with van der Waals surface area (Å²) in [6.07, 6.45) is 0. The van der Waals surface area contributed by atoms with E-state index in [0.717, 1.165) is 11.1 Å².